The highest BCUT2D eigenvalue weighted by Gasteiger charge is 2.35. The number of sulfonamides is 1. The van der Waals surface area contributed by atoms with Crippen molar-refractivity contribution in [3.05, 3.63) is 54.1 Å². The third kappa shape index (κ3) is 3.26. The zero-order valence-electron chi connectivity index (χ0n) is 13.8. The maximum Gasteiger partial charge on any atom is 0.261 e. The molecule has 6 heteroatoms. The molecule has 130 valence electrons. The molecule has 0 atom stereocenters. The molecule has 25 heavy (non-hydrogen) atoms. The molecule has 0 unspecified atom stereocenters. The normalized spacial score (nSPS) is 17.0. The third-order valence-corrected chi connectivity index (χ3v) is 6.10. The molecule has 5 nitrogen and oxygen atoms in total. The maximum atomic E-state index is 12.5. The lowest BCUT2D eigenvalue weighted by molar-refractivity contribution is -0.119. The van der Waals surface area contributed by atoms with E-state index in [0.717, 1.165) is 36.9 Å². The van der Waals surface area contributed by atoms with Gasteiger partial charge in [0.15, 0.2) is 0 Å². The second kappa shape index (κ2) is 6.19. The van der Waals surface area contributed by atoms with Crippen LogP contribution in [0.25, 0.3) is 0 Å². The van der Waals surface area contributed by atoms with Crippen LogP contribution in [0.4, 0.5) is 11.4 Å². The average molecular weight is 356 g/mol. The highest BCUT2D eigenvalue weighted by Crippen LogP contribution is 2.37. The average Bonchev–Trinajstić information content (AvgIpc) is 3.46. The van der Waals surface area contributed by atoms with Crippen LogP contribution < -0.4 is 9.62 Å². The number of nitrogens with one attached hydrogen (secondary N) is 1. The van der Waals surface area contributed by atoms with Gasteiger partial charge >= 0.3 is 0 Å². The standard InChI is InChI=1S/C19H20N2O3S/c22-19(15-8-9-15)21-12-4-5-14-10-11-16(13-18(14)21)20-25(23,24)17-6-2-1-3-7-17/h1-3,6-7,10-11,13,15,20H,4-5,8-9,12H2. The molecule has 0 aromatic heterocycles. The number of amides is 1. The summed E-state index contributed by atoms with van der Waals surface area (Å²) >= 11 is 0. The number of nitrogens with zero attached hydrogens (tertiary/aromatic N) is 1. The Morgan fingerprint density at radius 2 is 1.84 bits per heavy atom. The number of fused-ring (bicyclic) bond motifs is 1. The maximum absolute atomic E-state index is 12.5. The first-order valence-corrected chi connectivity index (χ1v) is 10.0. The van der Waals surface area contributed by atoms with E-state index in [2.05, 4.69) is 4.72 Å². The predicted molar refractivity (Wildman–Crippen MR) is 97.1 cm³/mol. The van der Waals surface area contributed by atoms with Gasteiger partial charge in [0.2, 0.25) is 5.91 Å². The van der Waals surface area contributed by atoms with Crippen LogP contribution in [0.15, 0.2) is 53.4 Å². The van der Waals surface area contributed by atoms with Gasteiger partial charge in [-0.05, 0) is 55.5 Å². The van der Waals surface area contributed by atoms with Crippen LogP contribution in [0, 0.1) is 5.92 Å². The van der Waals surface area contributed by atoms with Crippen molar-refractivity contribution in [2.45, 2.75) is 30.6 Å². The Kier molecular flexibility index (Phi) is 4.00. The molecule has 0 spiro atoms. The second-order valence-electron chi connectivity index (χ2n) is 6.63. The molecule has 1 aliphatic heterocycles. The van der Waals surface area contributed by atoms with Crippen LogP contribution in [0.5, 0.6) is 0 Å². The molecule has 4 rings (SSSR count). The van der Waals surface area contributed by atoms with Gasteiger partial charge in [-0.3, -0.25) is 9.52 Å². The summed E-state index contributed by atoms with van der Waals surface area (Å²) in [5, 5.41) is 0. The molecule has 0 saturated heterocycles. The van der Waals surface area contributed by atoms with Crippen molar-refractivity contribution in [2.24, 2.45) is 5.92 Å². The lowest BCUT2D eigenvalue weighted by Gasteiger charge is -2.30. The van der Waals surface area contributed by atoms with E-state index < -0.39 is 10.0 Å². The summed E-state index contributed by atoms with van der Waals surface area (Å²) in [4.78, 5) is 14.6. The van der Waals surface area contributed by atoms with Crippen molar-refractivity contribution in [1.82, 2.24) is 0 Å². The fraction of sp³-hybridized carbons (Fsp3) is 0.316. The van der Waals surface area contributed by atoms with E-state index >= 15 is 0 Å². The number of rotatable bonds is 4. The van der Waals surface area contributed by atoms with Crippen LogP contribution >= 0.6 is 0 Å². The minimum atomic E-state index is -3.64. The van der Waals surface area contributed by atoms with Gasteiger partial charge < -0.3 is 4.90 Å². The fourth-order valence-electron chi connectivity index (χ4n) is 3.23. The van der Waals surface area contributed by atoms with Gasteiger partial charge in [0.05, 0.1) is 10.6 Å². The monoisotopic (exact) mass is 356 g/mol. The number of carbonyl (C=O) groups is 1. The molecule has 2 aromatic rings. The minimum absolute atomic E-state index is 0.149. The quantitative estimate of drug-likeness (QED) is 0.915. The number of hydrogen-bond donors (Lipinski definition) is 1. The molecule has 1 fully saturated rings. The summed E-state index contributed by atoms with van der Waals surface area (Å²) in [5.74, 6) is 0.319. The van der Waals surface area contributed by atoms with E-state index in [1.165, 1.54) is 0 Å². The number of benzene rings is 2. The van der Waals surface area contributed by atoms with Crippen LogP contribution in [-0.4, -0.2) is 20.9 Å². The van der Waals surface area contributed by atoms with Crippen molar-refractivity contribution >= 4 is 27.3 Å². The Balaban J connectivity index is 1.64. The Morgan fingerprint density at radius 1 is 1.08 bits per heavy atom. The lowest BCUT2D eigenvalue weighted by Crippen LogP contribution is -2.36. The van der Waals surface area contributed by atoms with E-state index in [9.17, 15) is 13.2 Å². The first-order valence-electron chi connectivity index (χ1n) is 8.57. The van der Waals surface area contributed by atoms with Gasteiger partial charge in [-0.2, -0.15) is 0 Å². The van der Waals surface area contributed by atoms with E-state index in [0.29, 0.717) is 12.2 Å². The van der Waals surface area contributed by atoms with Gasteiger partial charge in [-0.15, -0.1) is 0 Å². The number of carbonyl (C=O) groups excluding carboxylic acids is 1. The first kappa shape index (κ1) is 16.1. The van der Waals surface area contributed by atoms with Crippen molar-refractivity contribution < 1.29 is 13.2 Å². The van der Waals surface area contributed by atoms with E-state index in [-0.39, 0.29) is 16.7 Å². The topological polar surface area (TPSA) is 66.5 Å². The molecule has 0 radical (unpaired) electrons. The van der Waals surface area contributed by atoms with Gasteiger partial charge in [-0.1, -0.05) is 24.3 Å². The second-order valence-corrected chi connectivity index (χ2v) is 8.31. The molecule has 1 heterocycles. The van der Waals surface area contributed by atoms with E-state index in [4.69, 9.17) is 0 Å². The zero-order chi connectivity index (χ0) is 17.4. The molecular formula is C19H20N2O3S. The first-order chi connectivity index (χ1) is 12.0. The Morgan fingerprint density at radius 3 is 2.56 bits per heavy atom. The van der Waals surface area contributed by atoms with Crippen LogP contribution in [-0.2, 0) is 21.2 Å². The molecule has 2 aromatic carbocycles. The van der Waals surface area contributed by atoms with Crippen LogP contribution in [0.2, 0.25) is 0 Å². The molecule has 0 bridgehead atoms. The Bertz CT molecular complexity index is 906. The fourth-order valence-corrected chi connectivity index (χ4v) is 4.30. The molecule has 1 N–H and O–H groups in total. The predicted octanol–water partition coefficient (Wildman–Crippen LogP) is 3.18. The number of hydrogen-bond acceptors (Lipinski definition) is 3. The number of anilines is 2. The largest absolute Gasteiger partial charge is 0.312 e. The summed E-state index contributed by atoms with van der Waals surface area (Å²) in [6.07, 6.45) is 3.78. The van der Waals surface area contributed by atoms with Gasteiger partial charge in [-0.25, -0.2) is 8.42 Å². The molecule has 1 amide bonds. The van der Waals surface area contributed by atoms with Gasteiger partial charge in [0, 0.05) is 18.2 Å². The lowest BCUT2D eigenvalue weighted by atomic mass is 10.0. The van der Waals surface area contributed by atoms with Crippen molar-refractivity contribution in [2.75, 3.05) is 16.2 Å². The zero-order valence-corrected chi connectivity index (χ0v) is 14.6. The Hall–Kier alpha value is -2.34. The summed E-state index contributed by atoms with van der Waals surface area (Å²) in [5.41, 5.74) is 2.43. The van der Waals surface area contributed by atoms with Crippen molar-refractivity contribution in [1.29, 1.82) is 0 Å². The Labute approximate surface area is 147 Å². The van der Waals surface area contributed by atoms with Crippen molar-refractivity contribution in [3.8, 4) is 0 Å². The van der Waals surface area contributed by atoms with E-state index in [1.54, 1.807) is 42.5 Å². The van der Waals surface area contributed by atoms with Crippen LogP contribution in [0.1, 0.15) is 24.8 Å². The van der Waals surface area contributed by atoms with Gasteiger partial charge in [0.1, 0.15) is 0 Å². The highest BCUT2D eigenvalue weighted by atomic mass is 32.2. The van der Waals surface area contributed by atoms with Crippen molar-refractivity contribution in [3.63, 3.8) is 0 Å². The molecular weight excluding hydrogens is 336 g/mol. The molecule has 2 aliphatic rings. The SMILES string of the molecule is O=C(C1CC1)N1CCCc2ccc(NS(=O)(=O)c3ccccc3)cc21. The minimum Gasteiger partial charge on any atom is -0.312 e. The summed E-state index contributed by atoms with van der Waals surface area (Å²) in [7, 11) is -3.64. The summed E-state index contributed by atoms with van der Waals surface area (Å²) in [6, 6.07) is 13.8. The smallest absolute Gasteiger partial charge is 0.261 e. The summed E-state index contributed by atoms with van der Waals surface area (Å²) < 4.78 is 27.6. The van der Waals surface area contributed by atoms with Gasteiger partial charge in [0.25, 0.3) is 10.0 Å². The number of aryl methyl sites for hydroxylation is 1. The summed E-state index contributed by atoms with van der Waals surface area (Å²) in [6.45, 7) is 0.706. The molecule has 1 aliphatic carbocycles. The van der Waals surface area contributed by atoms with E-state index in [1.807, 2.05) is 11.0 Å². The molecule has 1 saturated carbocycles. The third-order valence-electron chi connectivity index (χ3n) is 4.70. The highest BCUT2D eigenvalue weighted by molar-refractivity contribution is 7.92. The van der Waals surface area contributed by atoms with Crippen LogP contribution in [0.3, 0.4) is 0 Å².